The van der Waals surface area contributed by atoms with Crippen molar-refractivity contribution in [2.75, 3.05) is 6.61 Å². The van der Waals surface area contributed by atoms with Gasteiger partial charge in [0.15, 0.2) is 0 Å². The fraction of sp³-hybridized carbons (Fsp3) is 0.429. The molecule has 1 aromatic rings. The smallest absolute Gasteiger partial charge is 0.328 e. The van der Waals surface area contributed by atoms with Crippen LogP contribution < -0.4 is 5.32 Å². The van der Waals surface area contributed by atoms with E-state index in [1.165, 1.54) is 5.56 Å². The molecule has 19 heavy (non-hydrogen) atoms. The highest BCUT2D eigenvalue weighted by Crippen LogP contribution is 2.36. The van der Waals surface area contributed by atoms with Gasteiger partial charge in [0.2, 0.25) is 5.91 Å². The molecule has 1 aromatic carbocycles. The highest BCUT2D eigenvalue weighted by molar-refractivity contribution is 8.01. The Labute approximate surface area is 116 Å². The molecule has 0 bridgehead atoms. The van der Waals surface area contributed by atoms with E-state index in [0.29, 0.717) is 13.0 Å². The van der Waals surface area contributed by atoms with Gasteiger partial charge in [0.1, 0.15) is 6.04 Å². The van der Waals surface area contributed by atoms with Crippen LogP contribution in [0.3, 0.4) is 0 Å². The Balaban J connectivity index is 1.91. The maximum Gasteiger partial charge on any atom is 0.328 e. The SMILES string of the molecule is CCOC(=O)C(C)NC(=O)C1Cc2ccccc2S1. The largest absolute Gasteiger partial charge is 0.464 e. The Morgan fingerprint density at radius 1 is 1.47 bits per heavy atom. The van der Waals surface area contributed by atoms with Crippen molar-refractivity contribution in [2.45, 2.75) is 36.5 Å². The van der Waals surface area contributed by atoms with Crippen molar-refractivity contribution in [1.29, 1.82) is 0 Å². The number of benzene rings is 1. The van der Waals surface area contributed by atoms with Crippen LogP contribution in [0.2, 0.25) is 0 Å². The molecule has 0 aromatic heterocycles. The van der Waals surface area contributed by atoms with Crippen LogP contribution in [-0.4, -0.2) is 29.8 Å². The molecule has 1 aliphatic rings. The van der Waals surface area contributed by atoms with Crippen molar-refractivity contribution in [3.05, 3.63) is 29.8 Å². The average Bonchev–Trinajstić information content (AvgIpc) is 2.82. The number of hydrogen-bond acceptors (Lipinski definition) is 4. The highest BCUT2D eigenvalue weighted by atomic mass is 32.2. The summed E-state index contributed by atoms with van der Waals surface area (Å²) >= 11 is 1.55. The van der Waals surface area contributed by atoms with Crippen LogP contribution in [0.5, 0.6) is 0 Å². The molecule has 102 valence electrons. The number of rotatable bonds is 4. The zero-order valence-corrected chi connectivity index (χ0v) is 11.8. The molecule has 0 aliphatic carbocycles. The van der Waals surface area contributed by atoms with Crippen LogP contribution >= 0.6 is 11.8 Å². The highest BCUT2D eigenvalue weighted by Gasteiger charge is 2.29. The van der Waals surface area contributed by atoms with Crippen molar-refractivity contribution in [3.8, 4) is 0 Å². The summed E-state index contributed by atoms with van der Waals surface area (Å²) in [6.45, 7) is 3.71. The molecule has 2 rings (SSSR count). The van der Waals surface area contributed by atoms with Crippen LogP contribution in [0.15, 0.2) is 29.2 Å². The van der Waals surface area contributed by atoms with Crippen molar-refractivity contribution in [3.63, 3.8) is 0 Å². The van der Waals surface area contributed by atoms with Crippen LogP contribution in [0.1, 0.15) is 19.4 Å². The number of hydrogen-bond donors (Lipinski definition) is 1. The first-order valence-corrected chi connectivity index (χ1v) is 7.21. The van der Waals surface area contributed by atoms with Gasteiger partial charge in [-0.25, -0.2) is 4.79 Å². The van der Waals surface area contributed by atoms with E-state index >= 15 is 0 Å². The number of carbonyl (C=O) groups is 2. The summed E-state index contributed by atoms with van der Waals surface area (Å²) in [6.07, 6.45) is 0.711. The Hall–Kier alpha value is -1.49. The summed E-state index contributed by atoms with van der Waals surface area (Å²) in [5, 5.41) is 2.55. The molecule has 0 saturated heterocycles. The van der Waals surface area contributed by atoms with E-state index in [-0.39, 0.29) is 11.2 Å². The third kappa shape index (κ3) is 3.29. The molecule has 0 fully saturated rings. The molecule has 1 amide bonds. The quantitative estimate of drug-likeness (QED) is 0.854. The van der Waals surface area contributed by atoms with Gasteiger partial charge in [-0.15, -0.1) is 11.8 Å². The molecular weight excluding hydrogens is 262 g/mol. The van der Waals surface area contributed by atoms with Gasteiger partial charge in [-0.05, 0) is 31.9 Å². The summed E-state index contributed by atoms with van der Waals surface area (Å²) in [5.41, 5.74) is 1.19. The first-order valence-electron chi connectivity index (χ1n) is 6.33. The first kappa shape index (κ1) is 13.9. The zero-order valence-electron chi connectivity index (χ0n) is 11.0. The molecule has 0 saturated carbocycles. The lowest BCUT2D eigenvalue weighted by Crippen LogP contribution is -2.43. The zero-order chi connectivity index (χ0) is 13.8. The number of fused-ring (bicyclic) bond motifs is 1. The Kier molecular flexibility index (Phi) is 4.47. The summed E-state index contributed by atoms with van der Waals surface area (Å²) in [5.74, 6) is -0.502. The summed E-state index contributed by atoms with van der Waals surface area (Å²) < 4.78 is 4.87. The Morgan fingerprint density at radius 2 is 2.21 bits per heavy atom. The third-order valence-corrected chi connectivity index (χ3v) is 4.26. The van der Waals surface area contributed by atoms with Gasteiger partial charge in [0.25, 0.3) is 0 Å². The van der Waals surface area contributed by atoms with Crippen molar-refractivity contribution >= 4 is 23.6 Å². The molecule has 1 N–H and O–H groups in total. The average molecular weight is 279 g/mol. The second-order valence-electron chi connectivity index (χ2n) is 4.40. The van der Waals surface area contributed by atoms with Gasteiger partial charge >= 0.3 is 5.97 Å². The first-order chi connectivity index (χ1) is 9.11. The lowest BCUT2D eigenvalue weighted by atomic mass is 10.1. The van der Waals surface area contributed by atoms with Gasteiger partial charge in [-0.3, -0.25) is 4.79 Å². The maximum absolute atomic E-state index is 12.1. The lowest BCUT2D eigenvalue weighted by Gasteiger charge is -2.15. The lowest BCUT2D eigenvalue weighted by molar-refractivity contribution is -0.146. The summed E-state index contributed by atoms with van der Waals surface area (Å²) in [6, 6.07) is 7.39. The standard InChI is InChI=1S/C14H17NO3S/c1-3-18-14(17)9(2)15-13(16)12-8-10-6-4-5-7-11(10)19-12/h4-7,9,12H,3,8H2,1-2H3,(H,15,16). The molecule has 1 heterocycles. The maximum atomic E-state index is 12.1. The molecule has 2 unspecified atom stereocenters. The number of thioether (sulfide) groups is 1. The molecular formula is C14H17NO3S. The fourth-order valence-corrected chi connectivity index (χ4v) is 3.17. The minimum absolute atomic E-state index is 0.109. The van der Waals surface area contributed by atoms with E-state index in [4.69, 9.17) is 4.74 Å². The van der Waals surface area contributed by atoms with Crippen LogP contribution in [0.25, 0.3) is 0 Å². The minimum Gasteiger partial charge on any atom is -0.464 e. The molecule has 5 heteroatoms. The molecule has 0 spiro atoms. The monoisotopic (exact) mass is 279 g/mol. The van der Waals surface area contributed by atoms with E-state index in [0.717, 1.165) is 4.90 Å². The predicted molar refractivity (Wildman–Crippen MR) is 74.0 cm³/mol. The van der Waals surface area contributed by atoms with Gasteiger partial charge in [-0.1, -0.05) is 18.2 Å². The van der Waals surface area contributed by atoms with Crippen molar-refractivity contribution in [2.24, 2.45) is 0 Å². The second kappa shape index (κ2) is 6.10. The van der Waals surface area contributed by atoms with E-state index in [1.807, 2.05) is 24.3 Å². The number of carbonyl (C=O) groups excluding carboxylic acids is 2. The topological polar surface area (TPSA) is 55.4 Å². The van der Waals surface area contributed by atoms with Gasteiger partial charge in [-0.2, -0.15) is 0 Å². The number of ether oxygens (including phenoxy) is 1. The van der Waals surface area contributed by atoms with Crippen molar-refractivity contribution in [1.82, 2.24) is 5.32 Å². The van der Waals surface area contributed by atoms with E-state index < -0.39 is 12.0 Å². The summed E-state index contributed by atoms with van der Waals surface area (Å²) in [7, 11) is 0. The molecule has 1 aliphatic heterocycles. The Morgan fingerprint density at radius 3 is 2.89 bits per heavy atom. The fourth-order valence-electron chi connectivity index (χ4n) is 1.96. The van der Waals surface area contributed by atoms with E-state index in [1.54, 1.807) is 25.6 Å². The van der Waals surface area contributed by atoms with Crippen molar-refractivity contribution < 1.29 is 14.3 Å². The number of amides is 1. The minimum atomic E-state index is -0.600. The van der Waals surface area contributed by atoms with E-state index in [2.05, 4.69) is 5.32 Å². The van der Waals surface area contributed by atoms with Crippen LogP contribution in [0.4, 0.5) is 0 Å². The second-order valence-corrected chi connectivity index (χ2v) is 5.65. The van der Waals surface area contributed by atoms with E-state index in [9.17, 15) is 9.59 Å². The van der Waals surface area contributed by atoms with Gasteiger partial charge < -0.3 is 10.1 Å². The number of esters is 1. The summed E-state index contributed by atoms with van der Waals surface area (Å²) in [4.78, 5) is 24.7. The third-order valence-electron chi connectivity index (χ3n) is 2.94. The molecule has 0 radical (unpaired) electrons. The number of nitrogens with one attached hydrogen (secondary N) is 1. The molecule has 4 nitrogen and oxygen atoms in total. The van der Waals surface area contributed by atoms with Gasteiger partial charge in [0.05, 0.1) is 11.9 Å². The Bertz CT molecular complexity index is 464. The van der Waals surface area contributed by atoms with Gasteiger partial charge in [0, 0.05) is 4.90 Å². The molecule has 2 atom stereocenters. The normalized spacial score (nSPS) is 18.5. The predicted octanol–water partition coefficient (Wildman–Crippen LogP) is 1.77. The van der Waals surface area contributed by atoms with Crippen LogP contribution in [0, 0.1) is 0 Å². The van der Waals surface area contributed by atoms with Crippen LogP contribution in [-0.2, 0) is 20.7 Å².